The summed E-state index contributed by atoms with van der Waals surface area (Å²) >= 11 is 3.79. The van der Waals surface area contributed by atoms with Gasteiger partial charge in [-0.2, -0.15) is 0 Å². The number of benzene rings is 11. The van der Waals surface area contributed by atoms with Gasteiger partial charge in [-0.15, -0.1) is 11.3 Å². The third-order valence-electron chi connectivity index (χ3n) is 14.9. The molecule has 324 valence electrons. The standard InChI is InChI=1S/C65H43NS2Si/c1-3-21-48(22-4-1)69(49-23-5-2-6-24-49)62-36-16-12-31-56(62)65(54-29-10-14-34-60(54)67-61-35-15-11-30-55(61)65)57-42-41-47(43-63(57)69)66(58-32-18-28-53-52-26-9-13-33-59(52)68-64(53)58)46-39-37-45(38-40-46)51-27-17-20-44-19-7-8-25-50(44)51/h1-43H. The molecule has 0 N–H and O–H groups in total. The van der Waals surface area contributed by atoms with E-state index in [4.69, 9.17) is 0 Å². The molecule has 4 heteroatoms. The summed E-state index contributed by atoms with van der Waals surface area (Å²) in [6, 6.07) is 98.8. The van der Waals surface area contributed by atoms with Gasteiger partial charge in [-0.25, -0.2) is 0 Å². The van der Waals surface area contributed by atoms with Gasteiger partial charge in [0.2, 0.25) is 0 Å². The summed E-state index contributed by atoms with van der Waals surface area (Å²) in [5, 5.41) is 10.7. The minimum atomic E-state index is -3.10. The first kappa shape index (κ1) is 40.3. The monoisotopic (exact) mass is 929 g/mol. The molecule has 1 spiro atoms. The molecule has 11 aromatic carbocycles. The second kappa shape index (κ2) is 15.9. The van der Waals surface area contributed by atoms with Gasteiger partial charge in [-0.3, -0.25) is 0 Å². The Balaban J connectivity index is 1.10. The van der Waals surface area contributed by atoms with Crippen LogP contribution in [-0.4, -0.2) is 8.07 Å². The third-order valence-corrected chi connectivity index (χ3v) is 22.1. The molecule has 0 radical (unpaired) electrons. The van der Waals surface area contributed by atoms with Crippen LogP contribution in [0.1, 0.15) is 22.3 Å². The Bertz CT molecular complexity index is 3860. The first-order valence-corrected chi connectivity index (χ1v) is 27.4. The molecule has 0 aliphatic carbocycles. The minimum absolute atomic E-state index is 0.570. The number of nitrogens with zero attached hydrogens (tertiary/aromatic N) is 1. The highest BCUT2D eigenvalue weighted by Crippen LogP contribution is 2.57. The van der Waals surface area contributed by atoms with Crippen LogP contribution < -0.4 is 25.6 Å². The van der Waals surface area contributed by atoms with Crippen LogP contribution >= 0.6 is 23.1 Å². The van der Waals surface area contributed by atoms with Crippen molar-refractivity contribution in [3.63, 3.8) is 0 Å². The number of hydrogen-bond acceptors (Lipinski definition) is 3. The molecule has 3 heterocycles. The lowest BCUT2D eigenvalue weighted by atomic mass is 9.64. The highest BCUT2D eigenvalue weighted by atomic mass is 32.2. The van der Waals surface area contributed by atoms with E-state index in [0.29, 0.717) is 0 Å². The van der Waals surface area contributed by atoms with Crippen molar-refractivity contribution >= 4 is 99.9 Å². The highest BCUT2D eigenvalue weighted by molar-refractivity contribution is 7.99. The molecular weight excluding hydrogens is 887 g/mol. The number of rotatable bonds is 6. The first-order chi connectivity index (χ1) is 34.2. The largest absolute Gasteiger partial charge is 0.309 e. The molecule has 0 bridgehead atoms. The maximum Gasteiger partial charge on any atom is 0.180 e. The zero-order chi connectivity index (χ0) is 45.5. The molecule has 1 aromatic heterocycles. The van der Waals surface area contributed by atoms with Gasteiger partial charge in [0.25, 0.3) is 0 Å². The Morgan fingerprint density at radius 2 is 0.928 bits per heavy atom. The van der Waals surface area contributed by atoms with E-state index in [1.807, 2.05) is 23.1 Å². The number of fused-ring (bicyclic) bond motifs is 12. The van der Waals surface area contributed by atoms with E-state index in [1.165, 1.54) is 101 Å². The van der Waals surface area contributed by atoms with Crippen molar-refractivity contribution in [1.29, 1.82) is 0 Å². The molecule has 2 aliphatic rings. The fraction of sp³-hybridized carbons (Fsp3) is 0.0154. The van der Waals surface area contributed by atoms with Gasteiger partial charge >= 0.3 is 0 Å². The van der Waals surface area contributed by atoms with Crippen LogP contribution in [-0.2, 0) is 5.41 Å². The van der Waals surface area contributed by atoms with Gasteiger partial charge in [0.1, 0.15) is 0 Å². The Kier molecular flexibility index (Phi) is 9.32. The van der Waals surface area contributed by atoms with Crippen LogP contribution in [0.25, 0.3) is 42.1 Å². The molecular formula is C65H43NS2Si. The van der Waals surface area contributed by atoms with Crippen molar-refractivity contribution < 1.29 is 0 Å². The summed E-state index contributed by atoms with van der Waals surface area (Å²) in [6.45, 7) is 0. The molecule has 0 saturated carbocycles. The maximum absolute atomic E-state index is 3.10. The van der Waals surface area contributed by atoms with Crippen molar-refractivity contribution in [2.24, 2.45) is 0 Å². The predicted molar refractivity (Wildman–Crippen MR) is 297 cm³/mol. The summed E-state index contributed by atoms with van der Waals surface area (Å²) in [5.41, 5.74) is 10.7. The van der Waals surface area contributed by atoms with E-state index >= 15 is 0 Å². The van der Waals surface area contributed by atoms with Gasteiger partial charge in [-0.1, -0.05) is 224 Å². The van der Waals surface area contributed by atoms with Crippen molar-refractivity contribution in [2.75, 3.05) is 4.90 Å². The lowest BCUT2D eigenvalue weighted by molar-refractivity contribution is 0.707. The summed E-state index contributed by atoms with van der Waals surface area (Å²) in [4.78, 5) is 5.16. The molecule has 12 aromatic rings. The van der Waals surface area contributed by atoms with Gasteiger partial charge < -0.3 is 4.90 Å². The summed E-state index contributed by atoms with van der Waals surface area (Å²) in [7, 11) is -3.10. The van der Waals surface area contributed by atoms with E-state index in [2.05, 4.69) is 266 Å². The van der Waals surface area contributed by atoms with Crippen LogP contribution in [0.4, 0.5) is 17.1 Å². The van der Waals surface area contributed by atoms with E-state index in [9.17, 15) is 0 Å². The van der Waals surface area contributed by atoms with Crippen LogP contribution in [0.5, 0.6) is 0 Å². The van der Waals surface area contributed by atoms with Crippen molar-refractivity contribution in [3.8, 4) is 11.1 Å². The number of anilines is 3. The lowest BCUT2D eigenvalue weighted by Gasteiger charge is -2.52. The topological polar surface area (TPSA) is 3.24 Å². The van der Waals surface area contributed by atoms with E-state index in [0.717, 1.165) is 11.4 Å². The van der Waals surface area contributed by atoms with Crippen LogP contribution in [0.15, 0.2) is 271 Å². The molecule has 1 nitrogen and oxygen atoms in total. The Morgan fingerprint density at radius 3 is 1.67 bits per heavy atom. The zero-order valence-corrected chi connectivity index (χ0v) is 40.2. The van der Waals surface area contributed by atoms with Crippen LogP contribution in [0, 0.1) is 0 Å². The average molecular weight is 930 g/mol. The summed E-state index contributed by atoms with van der Waals surface area (Å²) in [5.74, 6) is 0. The summed E-state index contributed by atoms with van der Waals surface area (Å²) in [6.07, 6.45) is 0. The summed E-state index contributed by atoms with van der Waals surface area (Å²) < 4.78 is 2.57. The van der Waals surface area contributed by atoms with E-state index in [1.54, 1.807) is 0 Å². The Labute approximate surface area is 411 Å². The Hall–Kier alpha value is -7.73. The van der Waals surface area contributed by atoms with Crippen molar-refractivity contribution in [1.82, 2.24) is 0 Å². The highest BCUT2D eigenvalue weighted by Gasteiger charge is 2.57. The number of hydrogen-bond donors (Lipinski definition) is 0. The van der Waals surface area contributed by atoms with Gasteiger partial charge in [-0.05, 0) is 113 Å². The average Bonchev–Trinajstić information content (AvgIpc) is 3.81. The molecule has 0 atom stereocenters. The molecule has 2 aliphatic heterocycles. The third kappa shape index (κ3) is 5.90. The van der Waals surface area contributed by atoms with E-state index in [-0.39, 0.29) is 0 Å². The molecule has 0 unspecified atom stereocenters. The van der Waals surface area contributed by atoms with Crippen LogP contribution in [0.2, 0.25) is 0 Å². The molecule has 0 fully saturated rings. The molecule has 0 saturated heterocycles. The molecule has 69 heavy (non-hydrogen) atoms. The molecule has 0 amide bonds. The fourth-order valence-corrected chi connectivity index (χ4v) is 19.8. The van der Waals surface area contributed by atoms with Crippen LogP contribution in [0.3, 0.4) is 0 Å². The van der Waals surface area contributed by atoms with Gasteiger partial charge in [0.15, 0.2) is 8.07 Å². The van der Waals surface area contributed by atoms with Gasteiger partial charge in [0, 0.05) is 36.6 Å². The van der Waals surface area contributed by atoms with Crippen molar-refractivity contribution in [3.05, 3.63) is 283 Å². The molecule has 14 rings (SSSR count). The first-order valence-electron chi connectivity index (χ1n) is 23.7. The zero-order valence-electron chi connectivity index (χ0n) is 37.6. The smallest absolute Gasteiger partial charge is 0.180 e. The normalized spacial score (nSPS) is 14.0. The quantitative estimate of drug-likeness (QED) is 0.153. The predicted octanol–water partition coefficient (Wildman–Crippen LogP) is 14.9. The second-order valence-corrected chi connectivity index (χ2v) is 24.1. The van der Waals surface area contributed by atoms with Crippen molar-refractivity contribution in [2.45, 2.75) is 15.2 Å². The number of thiophene rings is 1. The SMILES string of the molecule is c1ccc([Si]2(c3ccccc3)c3ccccc3C3(c4ccccc4Sc4ccccc43)c3ccc(N(c4ccc(-c5cccc6ccccc56)cc4)c4cccc5c4sc4ccccc45)cc32)cc1. The second-order valence-electron chi connectivity index (χ2n) is 18.3. The van der Waals surface area contributed by atoms with Gasteiger partial charge in [0.05, 0.1) is 15.8 Å². The fourth-order valence-electron chi connectivity index (χ4n) is 12.1. The maximum atomic E-state index is 2.62. The minimum Gasteiger partial charge on any atom is -0.309 e. The lowest BCUT2D eigenvalue weighted by Crippen LogP contribution is -2.79. The Morgan fingerprint density at radius 1 is 0.377 bits per heavy atom. The van der Waals surface area contributed by atoms with E-state index < -0.39 is 13.5 Å².